The molecule has 0 bridgehead atoms. The summed E-state index contributed by atoms with van der Waals surface area (Å²) in [5.41, 5.74) is 0. The Labute approximate surface area is 305 Å². The van der Waals surface area contributed by atoms with E-state index in [4.69, 9.17) is 4.74 Å². The molecule has 0 saturated carbocycles. The number of carbonyl (C=O) groups is 2. The number of thioether (sulfide) groups is 1. The molecule has 0 radical (unpaired) electrons. The molecule has 0 amide bonds. The number of hydrogen-bond acceptors (Lipinski definition) is 9. The second-order valence-electron chi connectivity index (χ2n) is 10.7. The van der Waals surface area contributed by atoms with Gasteiger partial charge in [-0.2, -0.15) is 11.8 Å². The summed E-state index contributed by atoms with van der Waals surface area (Å²) in [7, 11) is -5.10. The molecule has 0 N–H and O–H groups in total. The Hall–Kier alpha value is 1.40. The maximum Gasteiger partial charge on any atom is 1.00 e. The van der Waals surface area contributed by atoms with Crippen LogP contribution in [0.2, 0.25) is 0 Å². The van der Waals surface area contributed by atoms with E-state index in [1.165, 1.54) is 89.9 Å². The summed E-state index contributed by atoms with van der Waals surface area (Å²) in [6, 6.07) is 0. The Morgan fingerprint density at radius 3 is 1.67 bits per heavy atom. The molecule has 0 fully saturated rings. The van der Waals surface area contributed by atoms with Gasteiger partial charge in [-0.1, -0.05) is 122 Å². The minimum Gasteiger partial charge on any atom is -0.790 e. The molecule has 0 saturated heterocycles. The van der Waals surface area contributed by atoms with Crippen LogP contribution in [0.5, 0.6) is 0 Å². The molecule has 42 heavy (non-hydrogen) atoms. The summed E-state index contributed by atoms with van der Waals surface area (Å²) < 4.78 is 25.4. The zero-order valence-corrected chi connectivity index (χ0v) is 32.9. The van der Waals surface area contributed by atoms with Crippen LogP contribution in [0.1, 0.15) is 148 Å². The van der Waals surface area contributed by atoms with Crippen LogP contribution in [0.25, 0.3) is 0 Å². The average molecular weight is 655 g/mol. The van der Waals surface area contributed by atoms with Crippen LogP contribution in [-0.4, -0.2) is 43.3 Å². The van der Waals surface area contributed by atoms with E-state index < -0.39 is 20.5 Å². The number of carbonyl (C=O) groups excluding carboxylic acids is 2. The minimum absolute atomic E-state index is 0. The molecule has 0 aromatic heterocycles. The molecule has 238 valence electrons. The van der Waals surface area contributed by atoms with Crippen molar-refractivity contribution in [3.63, 3.8) is 0 Å². The molecule has 0 aliphatic carbocycles. The molecule has 0 spiro atoms. The topological polar surface area (TPSA) is 125 Å². The molecule has 0 rings (SSSR count). The third kappa shape index (κ3) is 39.4. The first-order valence-corrected chi connectivity index (χ1v) is 18.5. The Balaban J connectivity index is -0.00000760. The van der Waals surface area contributed by atoms with Crippen molar-refractivity contribution >= 4 is 32.0 Å². The summed E-state index contributed by atoms with van der Waals surface area (Å²) in [5, 5.41) is 0. The minimum atomic E-state index is -5.10. The number of phosphoric acid groups is 1. The number of esters is 1. The van der Waals surface area contributed by atoms with Gasteiger partial charge in [0, 0.05) is 12.2 Å². The molecule has 0 aromatic rings. The van der Waals surface area contributed by atoms with Gasteiger partial charge in [-0.15, -0.1) is 0 Å². The fraction of sp³-hybridized carbons (Fsp3) is 0.933. The van der Waals surface area contributed by atoms with Gasteiger partial charge in [0.2, 0.25) is 0 Å². The van der Waals surface area contributed by atoms with Crippen molar-refractivity contribution in [2.75, 3.05) is 24.7 Å². The number of rotatable bonds is 32. The second kappa shape index (κ2) is 36.9. The first kappa shape index (κ1) is 47.8. The van der Waals surface area contributed by atoms with Gasteiger partial charge in [-0.25, -0.2) is 0 Å². The third-order valence-corrected chi connectivity index (χ3v) is 8.52. The predicted molar refractivity (Wildman–Crippen MR) is 160 cm³/mol. The van der Waals surface area contributed by atoms with Crippen molar-refractivity contribution in [1.29, 1.82) is 0 Å². The Morgan fingerprint density at radius 2 is 1.19 bits per heavy atom. The predicted octanol–water partition coefficient (Wildman–Crippen LogP) is 1.26. The fourth-order valence-corrected chi connectivity index (χ4v) is 5.89. The molecular weight excluding hydrogens is 597 g/mol. The van der Waals surface area contributed by atoms with Crippen molar-refractivity contribution in [2.45, 2.75) is 154 Å². The molecular formula is C30H57Na2O8PS. The number of hydrogen-bond donors (Lipinski definition) is 0. The summed E-state index contributed by atoms with van der Waals surface area (Å²) in [6.45, 7) is 2.85. The standard InChI is InChI=1S/C30H59O8PS.2Na/c1-2-3-4-5-6-11-14-17-20-23-30(32)38-29(26-37-39(33,34)35)27-40-25-22-19-16-13-10-8-7-9-12-15-18-21-24-36-28-31;;/h28-29H,2-27H2,1H3,(H2,33,34,35);;/q;2*+1/p-2/t29-;;/m1../s1. The van der Waals surface area contributed by atoms with Crippen LogP contribution in [0.3, 0.4) is 0 Å². The van der Waals surface area contributed by atoms with Gasteiger partial charge >= 0.3 is 65.1 Å². The SMILES string of the molecule is CCCCCCCCCCCC(=O)O[C@H](COP(=O)([O-])[O-])CSCCCCCCCCCCCCCCOC=O.[Na+].[Na+]. The zero-order valence-electron chi connectivity index (χ0n) is 27.2. The Morgan fingerprint density at radius 1 is 0.738 bits per heavy atom. The van der Waals surface area contributed by atoms with Crippen LogP contribution < -0.4 is 68.9 Å². The fourth-order valence-electron chi connectivity index (χ4n) is 4.54. The molecule has 0 aromatic carbocycles. The monoisotopic (exact) mass is 654 g/mol. The van der Waals surface area contributed by atoms with Gasteiger partial charge in [-0.05, 0) is 25.0 Å². The van der Waals surface area contributed by atoms with Gasteiger partial charge in [0.15, 0.2) is 0 Å². The normalized spacial score (nSPS) is 11.8. The quantitative estimate of drug-likeness (QED) is 0.0347. The zero-order chi connectivity index (χ0) is 29.6. The van der Waals surface area contributed by atoms with Gasteiger partial charge < -0.3 is 28.3 Å². The van der Waals surface area contributed by atoms with Crippen molar-refractivity contribution in [3.8, 4) is 0 Å². The number of phosphoric ester groups is 1. The Bertz CT molecular complexity index is 628. The molecule has 0 unspecified atom stereocenters. The van der Waals surface area contributed by atoms with Crippen LogP contribution >= 0.6 is 19.6 Å². The molecule has 0 aliphatic rings. The number of ether oxygens (including phenoxy) is 2. The molecule has 8 nitrogen and oxygen atoms in total. The van der Waals surface area contributed by atoms with Crippen molar-refractivity contribution in [2.24, 2.45) is 0 Å². The van der Waals surface area contributed by atoms with Crippen LogP contribution in [-0.2, 0) is 28.2 Å². The van der Waals surface area contributed by atoms with Gasteiger partial charge in [-0.3, -0.25) is 9.59 Å². The van der Waals surface area contributed by atoms with Crippen molar-refractivity contribution < 1.29 is 97.1 Å². The first-order chi connectivity index (χ1) is 19.4. The van der Waals surface area contributed by atoms with Crippen LogP contribution in [0.4, 0.5) is 0 Å². The van der Waals surface area contributed by atoms with Gasteiger partial charge in [0.1, 0.15) is 6.10 Å². The third-order valence-electron chi connectivity index (χ3n) is 6.87. The Kier molecular flexibility index (Phi) is 42.0. The largest absolute Gasteiger partial charge is 1.00 e. The van der Waals surface area contributed by atoms with Crippen molar-refractivity contribution in [3.05, 3.63) is 0 Å². The van der Waals surface area contributed by atoms with Gasteiger partial charge in [0.05, 0.1) is 21.0 Å². The second-order valence-corrected chi connectivity index (χ2v) is 13.0. The van der Waals surface area contributed by atoms with E-state index in [9.17, 15) is 23.9 Å². The molecule has 1 atom stereocenters. The molecule has 0 aliphatic heterocycles. The maximum absolute atomic E-state index is 12.2. The summed E-state index contributed by atoms with van der Waals surface area (Å²) >= 11 is 1.61. The molecule has 12 heteroatoms. The van der Waals surface area contributed by atoms with E-state index in [-0.39, 0.29) is 65.1 Å². The van der Waals surface area contributed by atoms with Crippen LogP contribution in [0, 0.1) is 0 Å². The molecule has 0 heterocycles. The average Bonchev–Trinajstić information content (AvgIpc) is 2.92. The van der Waals surface area contributed by atoms with Crippen LogP contribution in [0.15, 0.2) is 0 Å². The smallest absolute Gasteiger partial charge is 0.790 e. The maximum atomic E-state index is 12.2. The van der Waals surface area contributed by atoms with E-state index in [2.05, 4.69) is 16.2 Å². The van der Waals surface area contributed by atoms with E-state index in [1.54, 1.807) is 11.8 Å². The van der Waals surface area contributed by atoms with Gasteiger partial charge in [0.25, 0.3) is 6.47 Å². The summed E-state index contributed by atoms with van der Waals surface area (Å²) in [4.78, 5) is 44.1. The van der Waals surface area contributed by atoms with E-state index in [0.717, 1.165) is 50.7 Å². The number of unbranched alkanes of at least 4 members (excludes halogenated alkanes) is 19. The van der Waals surface area contributed by atoms with E-state index in [1.807, 2.05) is 0 Å². The summed E-state index contributed by atoms with van der Waals surface area (Å²) in [5.74, 6) is 0.970. The van der Waals surface area contributed by atoms with E-state index in [0.29, 0.717) is 25.3 Å². The summed E-state index contributed by atoms with van der Waals surface area (Å²) in [6.07, 6.45) is 24.3. The van der Waals surface area contributed by atoms with E-state index >= 15 is 0 Å². The first-order valence-electron chi connectivity index (χ1n) is 15.9. The van der Waals surface area contributed by atoms with Crippen molar-refractivity contribution in [1.82, 2.24) is 0 Å².